The van der Waals surface area contributed by atoms with E-state index in [2.05, 4.69) is 10.2 Å². The summed E-state index contributed by atoms with van der Waals surface area (Å²) in [6.45, 7) is 4.61. The Bertz CT molecular complexity index is 541. The molecule has 2 aliphatic rings. The molecule has 2 saturated heterocycles. The zero-order valence-electron chi connectivity index (χ0n) is 14.0. The molecule has 6 heteroatoms. The standard InChI is InChI=1S/C18H26ClN3O2/c19-16-6-1-2-7-17(16)21-10-12-22(13-11-21)18(23)20-9-8-15-5-3-4-14-24-15/h1-2,6-7,15H,3-5,8-14H2,(H,20,23)/t15-/m1/s1. The molecule has 0 saturated carbocycles. The van der Waals surface area contributed by atoms with Gasteiger partial charge in [0.15, 0.2) is 0 Å². The van der Waals surface area contributed by atoms with Gasteiger partial charge in [-0.15, -0.1) is 0 Å². The average Bonchev–Trinajstić information content (AvgIpc) is 2.63. The van der Waals surface area contributed by atoms with Gasteiger partial charge in [0.1, 0.15) is 0 Å². The third-order valence-corrected chi connectivity index (χ3v) is 5.10. The first kappa shape index (κ1) is 17.4. The zero-order valence-corrected chi connectivity index (χ0v) is 14.8. The lowest BCUT2D eigenvalue weighted by Gasteiger charge is -2.36. The zero-order chi connectivity index (χ0) is 16.8. The second-order valence-corrected chi connectivity index (χ2v) is 6.84. The summed E-state index contributed by atoms with van der Waals surface area (Å²) in [5, 5.41) is 3.79. The minimum absolute atomic E-state index is 0.0321. The molecule has 1 N–H and O–H groups in total. The van der Waals surface area contributed by atoms with Crippen molar-refractivity contribution in [1.82, 2.24) is 10.2 Å². The molecule has 2 aliphatic heterocycles. The summed E-state index contributed by atoms with van der Waals surface area (Å²) >= 11 is 6.25. The first-order chi connectivity index (χ1) is 11.7. The molecule has 3 rings (SSSR count). The Morgan fingerprint density at radius 1 is 1.21 bits per heavy atom. The highest BCUT2D eigenvalue weighted by Crippen LogP contribution is 2.26. The van der Waals surface area contributed by atoms with Gasteiger partial charge in [-0.05, 0) is 37.8 Å². The van der Waals surface area contributed by atoms with Crippen LogP contribution in [0.3, 0.4) is 0 Å². The van der Waals surface area contributed by atoms with Crippen LogP contribution in [-0.2, 0) is 4.74 Å². The maximum absolute atomic E-state index is 12.3. The Morgan fingerprint density at radius 3 is 2.71 bits per heavy atom. The molecule has 0 unspecified atom stereocenters. The topological polar surface area (TPSA) is 44.8 Å². The number of para-hydroxylation sites is 1. The molecule has 0 aromatic heterocycles. The number of nitrogens with zero attached hydrogens (tertiary/aromatic N) is 2. The van der Waals surface area contributed by atoms with Crippen LogP contribution >= 0.6 is 11.6 Å². The van der Waals surface area contributed by atoms with Crippen molar-refractivity contribution >= 4 is 23.3 Å². The number of nitrogens with one attached hydrogen (secondary N) is 1. The summed E-state index contributed by atoms with van der Waals surface area (Å²) in [5.74, 6) is 0. The second kappa shape index (κ2) is 8.58. The van der Waals surface area contributed by atoms with E-state index in [1.807, 2.05) is 29.2 Å². The average molecular weight is 352 g/mol. The summed E-state index contributed by atoms with van der Waals surface area (Å²) in [7, 11) is 0. The molecule has 0 spiro atoms. The van der Waals surface area contributed by atoms with Crippen molar-refractivity contribution in [3.63, 3.8) is 0 Å². The van der Waals surface area contributed by atoms with Gasteiger partial charge in [0, 0.05) is 39.3 Å². The lowest BCUT2D eigenvalue weighted by molar-refractivity contribution is 0.0118. The molecule has 0 radical (unpaired) electrons. The molecule has 1 atom stereocenters. The molecule has 0 aliphatic carbocycles. The molecule has 2 amide bonds. The number of hydrogen-bond acceptors (Lipinski definition) is 3. The quantitative estimate of drug-likeness (QED) is 0.906. The van der Waals surface area contributed by atoms with E-state index in [9.17, 15) is 4.79 Å². The van der Waals surface area contributed by atoms with Gasteiger partial charge in [-0.2, -0.15) is 0 Å². The van der Waals surface area contributed by atoms with Crippen molar-refractivity contribution in [2.45, 2.75) is 31.8 Å². The third-order valence-electron chi connectivity index (χ3n) is 4.78. The van der Waals surface area contributed by atoms with Crippen LogP contribution in [0.5, 0.6) is 0 Å². The summed E-state index contributed by atoms with van der Waals surface area (Å²) in [4.78, 5) is 16.4. The summed E-state index contributed by atoms with van der Waals surface area (Å²) in [6, 6.07) is 7.90. The van der Waals surface area contributed by atoms with E-state index in [0.717, 1.165) is 56.3 Å². The number of halogens is 1. The number of benzene rings is 1. The van der Waals surface area contributed by atoms with Crippen LogP contribution in [0.15, 0.2) is 24.3 Å². The van der Waals surface area contributed by atoms with Crippen LogP contribution < -0.4 is 10.2 Å². The van der Waals surface area contributed by atoms with Crippen molar-refractivity contribution in [2.75, 3.05) is 44.2 Å². The first-order valence-electron chi connectivity index (χ1n) is 8.88. The summed E-state index contributed by atoms with van der Waals surface area (Å²) in [5.41, 5.74) is 1.05. The number of anilines is 1. The van der Waals surface area contributed by atoms with Gasteiger partial charge in [-0.1, -0.05) is 23.7 Å². The molecule has 2 heterocycles. The SMILES string of the molecule is O=C(NCC[C@H]1CCCCO1)N1CCN(c2ccccc2Cl)CC1. The Hall–Kier alpha value is -1.46. The molecule has 1 aromatic carbocycles. The highest BCUT2D eigenvalue weighted by Gasteiger charge is 2.22. The van der Waals surface area contributed by atoms with Gasteiger partial charge in [0.05, 0.1) is 16.8 Å². The van der Waals surface area contributed by atoms with Crippen LogP contribution in [0, 0.1) is 0 Å². The molecule has 132 valence electrons. The van der Waals surface area contributed by atoms with Gasteiger partial charge in [0.2, 0.25) is 0 Å². The molecule has 5 nitrogen and oxygen atoms in total. The van der Waals surface area contributed by atoms with Crippen LogP contribution in [-0.4, -0.2) is 56.4 Å². The van der Waals surface area contributed by atoms with Crippen molar-refractivity contribution in [3.8, 4) is 0 Å². The van der Waals surface area contributed by atoms with Crippen LogP contribution in [0.25, 0.3) is 0 Å². The van der Waals surface area contributed by atoms with E-state index >= 15 is 0 Å². The van der Waals surface area contributed by atoms with Gasteiger partial charge < -0.3 is 19.9 Å². The van der Waals surface area contributed by atoms with Crippen molar-refractivity contribution in [1.29, 1.82) is 0 Å². The minimum atomic E-state index is 0.0321. The molecule has 1 aromatic rings. The van der Waals surface area contributed by atoms with E-state index in [4.69, 9.17) is 16.3 Å². The van der Waals surface area contributed by atoms with E-state index in [1.54, 1.807) is 0 Å². The summed E-state index contributed by atoms with van der Waals surface area (Å²) in [6.07, 6.45) is 4.75. The first-order valence-corrected chi connectivity index (χ1v) is 9.25. The lowest BCUT2D eigenvalue weighted by Crippen LogP contribution is -2.52. The predicted molar refractivity (Wildman–Crippen MR) is 96.8 cm³/mol. The van der Waals surface area contributed by atoms with E-state index in [-0.39, 0.29) is 6.03 Å². The van der Waals surface area contributed by atoms with E-state index in [1.165, 1.54) is 12.8 Å². The number of piperazine rings is 1. The molecule has 24 heavy (non-hydrogen) atoms. The van der Waals surface area contributed by atoms with Crippen LogP contribution in [0.4, 0.5) is 10.5 Å². The Labute approximate surface area is 148 Å². The maximum Gasteiger partial charge on any atom is 0.317 e. The Balaban J connectivity index is 1.39. The smallest absolute Gasteiger partial charge is 0.317 e. The number of rotatable bonds is 4. The third kappa shape index (κ3) is 4.54. The van der Waals surface area contributed by atoms with E-state index < -0.39 is 0 Å². The van der Waals surface area contributed by atoms with Crippen molar-refractivity contribution < 1.29 is 9.53 Å². The van der Waals surface area contributed by atoms with E-state index in [0.29, 0.717) is 12.6 Å². The fraction of sp³-hybridized carbons (Fsp3) is 0.611. The Kier molecular flexibility index (Phi) is 6.21. The number of amides is 2. The van der Waals surface area contributed by atoms with Gasteiger partial charge in [0.25, 0.3) is 0 Å². The predicted octanol–water partition coefficient (Wildman–Crippen LogP) is 3.13. The number of urea groups is 1. The maximum atomic E-state index is 12.3. The van der Waals surface area contributed by atoms with Gasteiger partial charge in [-0.25, -0.2) is 4.79 Å². The number of carbonyl (C=O) groups excluding carboxylic acids is 1. The highest BCUT2D eigenvalue weighted by atomic mass is 35.5. The highest BCUT2D eigenvalue weighted by molar-refractivity contribution is 6.33. The number of carbonyl (C=O) groups is 1. The molecule has 2 fully saturated rings. The fourth-order valence-electron chi connectivity index (χ4n) is 3.35. The van der Waals surface area contributed by atoms with Crippen LogP contribution in [0.2, 0.25) is 5.02 Å². The lowest BCUT2D eigenvalue weighted by atomic mass is 10.1. The van der Waals surface area contributed by atoms with Crippen LogP contribution in [0.1, 0.15) is 25.7 Å². The van der Waals surface area contributed by atoms with Gasteiger partial charge >= 0.3 is 6.03 Å². The largest absolute Gasteiger partial charge is 0.378 e. The van der Waals surface area contributed by atoms with Gasteiger partial charge in [-0.3, -0.25) is 0 Å². The second-order valence-electron chi connectivity index (χ2n) is 6.43. The number of ether oxygens (including phenoxy) is 1. The molecular formula is C18H26ClN3O2. The Morgan fingerprint density at radius 2 is 2.00 bits per heavy atom. The normalized spacial score (nSPS) is 21.6. The van der Waals surface area contributed by atoms with Crippen molar-refractivity contribution in [2.24, 2.45) is 0 Å². The monoisotopic (exact) mass is 351 g/mol. The fourth-order valence-corrected chi connectivity index (χ4v) is 3.60. The van der Waals surface area contributed by atoms with Crippen molar-refractivity contribution in [3.05, 3.63) is 29.3 Å². The molecular weight excluding hydrogens is 326 g/mol. The molecule has 0 bridgehead atoms. The summed E-state index contributed by atoms with van der Waals surface area (Å²) < 4.78 is 5.70. The number of hydrogen-bond donors (Lipinski definition) is 1. The minimum Gasteiger partial charge on any atom is -0.378 e.